The topological polar surface area (TPSA) is 26.8 Å². The van der Waals surface area contributed by atoms with E-state index in [1.807, 2.05) is 47.4 Å². The first kappa shape index (κ1) is 22.2. The van der Waals surface area contributed by atoms with Crippen molar-refractivity contribution in [3.05, 3.63) is 89.5 Å². The second-order valence-electron chi connectivity index (χ2n) is 9.87. The Labute approximate surface area is 204 Å². The van der Waals surface area contributed by atoms with Gasteiger partial charge in [0.05, 0.1) is 6.42 Å². The summed E-state index contributed by atoms with van der Waals surface area (Å²) in [5.41, 5.74) is 5.21. The molecular weight excluding hydrogens is 444 g/mol. The molecule has 3 aliphatic rings. The van der Waals surface area contributed by atoms with Gasteiger partial charge in [-0.1, -0.05) is 18.2 Å². The van der Waals surface area contributed by atoms with Crippen molar-refractivity contribution in [2.24, 2.45) is 0 Å². The first-order valence-electron chi connectivity index (χ1n) is 12.5. The van der Waals surface area contributed by atoms with Crippen LogP contribution in [0.4, 0.5) is 25.8 Å². The summed E-state index contributed by atoms with van der Waals surface area (Å²) < 4.78 is 27.8. The molecule has 1 saturated heterocycles. The highest BCUT2D eigenvalue weighted by atomic mass is 19.1. The molecule has 180 valence electrons. The number of carbonyl (C=O) groups excluding carboxylic acids is 1. The molecule has 0 spiro atoms. The lowest BCUT2D eigenvalue weighted by Gasteiger charge is -2.39. The molecule has 0 bridgehead atoms. The van der Waals surface area contributed by atoms with Crippen molar-refractivity contribution in [2.75, 3.05) is 36.0 Å². The second-order valence-corrected chi connectivity index (χ2v) is 9.87. The van der Waals surface area contributed by atoms with Gasteiger partial charge in [-0.15, -0.1) is 0 Å². The second kappa shape index (κ2) is 9.08. The third-order valence-electron chi connectivity index (χ3n) is 7.78. The number of likely N-dealkylation sites (tertiary alicyclic amines) is 1. The maximum absolute atomic E-state index is 14.2. The number of anilines is 3. The average Bonchev–Trinajstić information content (AvgIpc) is 3.36. The third kappa shape index (κ3) is 4.10. The van der Waals surface area contributed by atoms with E-state index in [2.05, 4.69) is 9.80 Å². The summed E-state index contributed by atoms with van der Waals surface area (Å²) >= 11 is 0. The van der Waals surface area contributed by atoms with Crippen LogP contribution in [0.25, 0.3) is 0 Å². The van der Waals surface area contributed by atoms with E-state index in [1.165, 1.54) is 18.2 Å². The molecule has 4 nitrogen and oxygen atoms in total. The Hall–Kier alpha value is -3.25. The lowest BCUT2D eigenvalue weighted by molar-refractivity contribution is -0.117. The number of benzene rings is 3. The van der Waals surface area contributed by atoms with Crippen molar-refractivity contribution in [2.45, 2.75) is 37.6 Å². The summed E-state index contributed by atoms with van der Waals surface area (Å²) in [6.07, 6.45) is 3.45. The molecule has 0 radical (unpaired) electrons. The lowest BCUT2D eigenvalue weighted by atomic mass is 9.89. The minimum Gasteiger partial charge on any atom is -0.337 e. The maximum Gasteiger partial charge on any atom is 0.231 e. The maximum atomic E-state index is 14.2. The Morgan fingerprint density at radius 2 is 1.63 bits per heavy atom. The first-order valence-corrected chi connectivity index (χ1v) is 12.5. The number of fused-ring (bicyclic) bond motifs is 4. The molecule has 0 aliphatic carbocycles. The van der Waals surface area contributed by atoms with Gasteiger partial charge in [0.1, 0.15) is 11.6 Å². The lowest BCUT2D eigenvalue weighted by Crippen LogP contribution is -2.45. The van der Waals surface area contributed by atoms with Gasteiger partial charge in [-0.3, -0.25) is 4.79 Å². The molecule has 0 aromatic heterocycles. The van der Waals surface area contributed by atoms with Crippen molar-refractivity contribution in [1.29, 1.82) is 0 Å². The van der Waals surface area contributed by atoms with Crippen molar-refractivity contribution in [3.63, 3.8) is 0 Å². The van der Waals surface area contributed by atoms with E-state index in [-0.39, 0.29) is 29.5 Å². The highest BCUT2D eigenvalue weighted by molar-refractivity contribution is 6.01. The largest absolute Gasteiger partial charge is 0.337 e. The van der Waals surface area contributed by atoms with Crippen molar-refractivity contribution in [1.82, 2.24) is 4.90 Å². The number of nitrogens with zero attached hydrogens (tertiary/aromatic N) is 3. The first-order chi connectivity index (χ1) is 17.1. The Morgan fingerprint density at radius 1 is 0.857 bits per heavy atom. The zero-order valence-corrected chi connectivity index (χ0v) is 19.7. The van der Waals surface area contributed by atoms with E-state index in [4.69, 9.17) is 0 Å². The molecule has 1 fully saturated rings. The fraction of sp³-hybridized carbons (Fsp3) is 0.345. The van der Waals surface area contributed by atoms with Crippen LogP contribution in [0, 0.1) is 11.6 Å². The summed E-state index contributed by atoms with van der Waals surface area (Å²) in [6.45, 7) is 3.57. The van der Waals surface area contributed by atoms with Crippen LogP contribution in [0.5, 0.6) is 0 Å². The highest BCUT2D eigenvalue weighted by Crippen LogP contribution is 2.48. The number of hydrogen-bond donors (Lipinski definition) is 0. The van der Waals surface area contributed by atoms with Crippen LogP contribution in [0.15, 0.2) is 66.7 Å². The molecule has 35 heavy (non-hydrogen) atoms. The molecule has 3 aromatic carbocycles. The summed E-state index contributed by atoms with van der Waals surface area (Å²) in [5.74, 6) is -0.0575. The number of carbonyl (C=O) groups is 1. The van der Waals surface area contributed by atoms with Crippen LogP contribution in [0.2, 0.25) is 0 Å². The Balaban J connectivity index is 1.11. The monoisotopic (exact) mass is 473 g/mol. The van der Waals surface area contributed by atoms with E-state index in [9.17, 15) is 13.6 Å². The van der Waals surface area contributed by atoms with Crippen LogP contribution in [-0.4, -0.2) is 43.0 Å². The molecule has 1 amide bonds. The quantitative estimate of drug-likeness (QED) is 0.433. The van der Waals surface area contributed by atoms with E-state index >= 15 is 0 Å². The third-order valence-corrected chi connectivity index (χ3v) is 7.78. The van der Waals surface area contributed by atoms with E-state index in [1.54, 1.807) is 6.07 Å². The number of amides is 1. The van der Waals surface area contributed by atoms with E-state index < -0.39 is 0 Å². The Kier molecular flexibility index (Phi) is 5.77. The number of unbranched alkanes of at least 4 members (excludes halogenated alkanes) is 1. The van der Waals surface area contributed by atoms with Gasteiger partial charge in [0, 0.05) is 48.7 Å². The Morgan fingerprint density at radius 3 is 2.49 bits per heavy atom. The summed E-state index contributed by atoms with van der Waals surface area (Å²) in [7, 11) is 0. The molecule has 2 unspecified atom stereocenters. The van der Waals surface area contributed by atoms with Crippen LogP contribution < -0.4 is 9.80 Å². The van der Waals surface area contributed by atoms with Gasteiger partial charge < -0.3 is 14.7 Å². The molecule has 3 aliphatic heterocycles. The van der Waals surface area contributed by atoms with Crippen molar-refractivity contribution < 1.29 is 13.6 Å². The fourth-order valence-corrected chi connectivity index (χ4v) is 6.14. The predicted molar refractivity (Wildman–Crippen MR) is 134 cm³/mol. The molecule has 2 atom stereocenters. The summed E-state index contributed by atoms with van der Waals surface area (Å²) in [4.78, 5) is 19.1. The summed E-state index contributed by atoms with van der Waals surface area (Å²) in [5, 5.41) is 0. The number of halogens is 2. The minimum absolute atomic E-state index is 0.192. The van der Waals surface area contributed by atoms with Crippen LogP contribution in [0.3, 0.4) is 0 Å². The van der Waals surface area contributed by atoms with Crippen molar-refractivity contribution in [3.8, 4) is 0 Å². The molecule has 6 rings (SSSR count). The molecule has 0 N–H and O–H groups in total. The zero-order chi connectivity index (χ0) is 23.9. The van der Waals surface area contributed by atoms with Gasteiger partial charge in [-0.25, -0.2) is 8.78 Å². The van der Waals surface area contributed by atoms with Gasteiger partial charge in [-0.05, 0) is 85.5 Å². The van der Waals surface area contributed by atoms with Crippen LogP contribution >= 0.6 is 0 Å². The van der Waals surface area contributed by atoms with E-state index in [0.29, 0.717) is 6.42 Å². The number of rotatable bonds is 6. The predicted octanol–water partition coefficient (Wildman–Crippen LogP) is 5.64. The van der Waals surface area contributed by atoms with Gasteiger partial charge in [0.25, 0.3) is 0 Å². The smallest absolute Gasteiger partial charge is 0.231 e. The van der Waals surface area contributed by atoms with Gasteiger partial charge in [0.2, 0.25) is 5.91 Å². The molecule has 3 aromatic rings. The zero-order valence-electron chi connectivity index (χ0n) is 19.7. The van der Waals surface area contributed by atoms with E-state index in [0.717, 1.165) is 73.6 Å². The van der Waals surface area contributed by atoms with Gasteiger partial charge >= 0.3 is 0 Å². The summed E-state index contributed by atoms with van der Waals surface area (Å²) in [6, 6.07) is 20.0. The average molecular weight is 474 g/mol. The number of hydrogen-bond acceptors (Lipinski definition) is 3. The van der Waals surface area contributed by atoms with Crippen molar-refractivity contribution >= 4 is 23.0 Å². The Bertz CT molecular complexity index is 1240. The van der Waals surface area contributed by atoms with Crippen LogP contribution in [0.1, 0.15) is 36.3 Å². The molecule has 3 heterocycles. The standard InChI is InChI=1S/C29H29F2N3O/c30-21-7-10-23(11-8-21)34-27-12-9-22(31)18-24(27)25-19-32(16-13-28(25)34)14-3-4-15-33-26-6-2-1-5-20(26)17-29(33)35/h1-2,5-12,18,25,28H,3-4,13-17,19H2. The normalized spacial score (nSPS) is 21.3. The minimum atomic E-state index is -0.252. The fourth-order valence-electron chi connectivity index (χ4n) is 6.14. The number of piperidine rings is 1. The highest BCUT2D eigenvalue weighted by Gasteiger charge is 2.42. The molecular formula is C29H29F2N3O. The van der Waals surface area contributed by atoms with Gasteiger partial charge in [-0.2, -0.15) is 0 Å². The SMILES string of the molecule is O=C1Cc2ccccc2N1CCCCN1CCC2C(C1)c1cc(F)ccc1N2c1ccc(F)cc1. The molecule has 0 saturated carbocycles. The van der Waals surface area contributed by atoms with Gasteiger partial charge in [0.15, 0.2) is 0 Å². The molecule has 6 heteroatoms. The number of para-hydroxylation sites is 1. The van der Waals surface area contributed by atoms with Crippen LogP contribution in [-0.2, 0) is 11.2 Å².